The molecule has 2 aromatic heterocycles. The van der Waals surface area contributed by atoms with Gasteiger partial charge >= 0.3 is 0 Å². The summed E-state index contributed by atoms with van der Waals surface area (Å²) >= 11 is 0. The van der Waals surface area contributed by atoms with E-state index in [0.29, 0.717) is 0 Å². The van der Waals surface area contributed by atoms with E-state index in [1.165, 1.54) is 77.6 Å². The Balaban J connectivity index is 0.866. The summed E-state index contributed by atoms with van der Waals surface area (Å²) in [5.41, 5.74) is 21.1. The molecule has 10 aromatic carbocycles. The molecule has 1 aliphatic rings. The first-order chi connectivity index (χ1) is 32.5. The van der Waals surface area contributed by atoms with E-state index in [-0.39, 0.29) is 5.41 Å². The van der Waals surface area contributed by atoms with Crippen molar-refractivity contribution >= 4 is 60.8 Å². The van der Waals surface area contributed by atoms with Gasteiger partial charge in [0.05, 0.1) is 16.7 Å². The minimum absolute atomic E-state index is 0.101. The predicted octanol–water partition coefficient (Wildman–Crippen LogP) is 17.5. The fourth-order valence-electron chi connectivity index (χ4n) is 10.9. The third-order valence-electron chi connectivity index (χ3n) is 14.0. The molecule has 3 nitrogen and oxygen atoms in total. The fourth-order valence-corrected chi connectivity index (χ4v) is 10.9. The van der Waals surface area contributed by atoms with Gasteiger partial charge in [0.25, 0.3) is 0 Å². The molecule has 3 heteroatoms. The van der Waals surface area contributed by atoms with Gasteiger partial charge in [-0.15, -0.1) is 0 Å². The van der Waals surface area contributed by atoms with Crippen LogP contribution in [0.25, 0.3) is 93.9 Å². The van der Waals surface area contributed by atoms with Gasteiger partial charge in [0.2, 0.25) is 0 Å². The number of benzene rings is 10. The highest BCUT2D eigenvalue weighted by atomic mass is 16.3. The van der Waals surface area contributed by atoms with Crippen LogP contribution in [-0.4, -0.2) is 4.57 Å². The molecule has 0 aliphatic heterocycles. The molecule has 0 fully saturated rings. The second kappa shape index (κ2) is 14.8. The lowest BCUT2D eigenvalue weighted by molar-refractivity contribution is 0.662. The summed E-state index contributed by atoms with van der Waals surface area (Å²) in [4.78, 5) is 2.36. The summed E-state index contributed by atoms with van der Waals surface area (Å²) in [5.74, 6) is 0. The van der Waals surface area contributed by atoms with E-state index in [0.717, 1.165) is 44.6 Å². The van der Waals surface area contributed by atoms with E-state index >= 15 is 0 Å². The number of hydrogen-bond acceptors (Lipinski definition) is 2. The number of para-hydroxylation sites is 4. The molecule has 0 amide bonds. The van der Waals surface area contributed by atoms with Gasteiger partial charge in [-0.3, -0.25) is 0 Å². The number of anilines is 3. The molecule has 13 rings (SSSR count). The highest BCUT2D eigenvalue weighted by Crippen LogP contribution is 2.52. The summed E-state index contributed by atoms with van der Waals surface area (Å²) in [6.45, 7) is 4.72. The van der Waals surface area contributed by atoms with E-state index in [1.807, 2.05) is 12.1 Å². The second-order valence-electron chi connectivity index (χ2n) is 18.1. The van der Waals surface area contributed by atoms with Gasteiger partial charge in [-0.05, 0) is 117 Å². The van der Waals surface area contributed by atoms with Gasteiger partial charge in [0.15, 0.2) is 0 Å². The normalized spacial score (nSPS) is 12.8. The molecule has 312 valence electrons. The number of aromatic nitrogens is 1. The molecular formula is C63H44N2O. The minimum atomic E-state index is -0.101. The van der Waals surface area contributed by atoms with Gasteiger partial charge < -0.3 is 13.9 Å². The molecule has 12 aromatic rings. The van der Waals surface area contributed by atoms with Crippen LogP contribution in [-0.2, 0) is 5.41 Å². The molecular weight excluding hydrogens is 801 g/mol. The largest absolute Gasteiger partial charge is 0.456 e. The molecule has 0 spiro atoms. The van der Waals surface area contributed by atoms with Gasteiger partial charge in [0, 0.05) is 49.6 Å². The van der Waals surface area contributed by atoms with Crippen LogP contribution < -0.4 is 4.90 Å². The first-order valence-corrected chi connectivity index (χ1v) is 22.8. The fraction of sp³-hybridized carbons (Fsp3) is 0.0476. The Labute approximate surface area is 384 Å². The van der Waals surface area contributed by atoms with Crippen LogP contribution in [0.2, 0.25) is 0 Å². The molecule has 66 heavy (non-hydrogen) atoms. The first-order valence-electron chi connectivity index (χ1n) is 22.8. The van der Waals surface area contributed by atoms with Crippen LogP contribution in [0.15, 0.2) is 235 Å². The Kier molecular flexibility index (Phi) is 8.56. The van der Waals surface area contributed by atoms with Crippen LogP contribution in [0.5, 0.6) is 0 Å². The van der Waals surface area contributed by atoms with Gasteiger partial charge in [-0.25, -0.2) is 0 Å². The maximum Gasteiger partial charge on any atom is 0.135 e. The Hall–Kier alpha value is -8.40. The number of fused-ring (bicyclic) bond motifs is 9. The summed E-state index contributed by atoms with van der Waals surface area (Å²) in [7, 11) is 0. The van der Waals surface area contributed by atoms with Crippen LogP contribution in [0.4, 0.5) is 17.1 Å². The van der Waals surface area contributed by atoms with Crippen LogP contribution in [0, 0.1) is 0 Å². The third kappa shape index (κ3) is 5.90. The van der Waals surface area contributed by atoms with Crippen molar-refractivity contribution in [2.24, 2.45) is 0 Å². The van der Waals surface area contributed by atoms with Crippen molar-refractivity contribution in [3.63, 3.8) is 0 Å². The summed E-state index contributed by atoms with van der Waals surface area (Å²) in [6.07, 6.45) is 0. The van der Waals surface area contributed by atoms with Crippen molar-refractivity contribution in [2.45, 2.75) is 19.3 Å². The molecule has 0 radical (unpaired) electrons. The van der Waals surface area contributed by atoms with E-state index < -0.39 is 0 Å². The Morgan fingerprint density at radius 2 is 0.848 bits per heavy atom. The smallest absolute Gasteiger partial charge is 0.135 e. The Bertz CT molecular complexity index is 3780. The maximum absolute atomic E-state index is 6.28. The highest BCUT2D eigenvalue weighted by Gasteiger charge is 2.37. The molecule has 0 N–H and O–H groups in total. The predicted molar refractivity (Wildman–Crippen MR) is 277 cm³/mol. The highest BCUT2D eigenvalue weighted by molar-refractivity contribution is 6.10. The number of furan rings is 1. The molecule has 0 bridgehead atoms. The summed E-state index contributed by atoms with van der Waals surface area (Å²) in [6, 6.07) is 83.8. The minimum Gasteiger partial charge on any atom is -0.456 e. The van der Waals surface area contributed by atoms with Gasteiger partial charge in [-0.1, -0.05) is 178 Å². The van der Waals surface area contributed by atoms with Crippen molar-refractivity contribution in [1.29, 1.82) is 0 Å². The lowest BCUT2D eigenvalue weighted by Gasteiger charge is -2.27. The zero-order valence-corrected chi connectivity index (χ0v) is 36.7. The average molecular weight is 845 g/mol. The molecule has 1 aliphatic carbocycles. The van der Waals surface area contributed by atoms with Gasteiger partial charge in [-0.2, -0.15) is 0 Å². The number of rotatable bonds is 7. The Morgan fingerprint density at radius 3 is 1.56 bits per heavy atom. The van der Waals surface area contributed by atoms with E-state index in [2.05, 4.69) is 242 Å². The standard InChI is InChI=1S/C63H44N2O/c1-63(2)56-21-8-3-15-50(56)54-20-13-19-49(62(54)63)44-32-36-46(37-33-44)64(47-38-39-61-55(40-47)53-18-7-12-25-60(53)66-61)45-34-30-42(31-35-45)41-26-28-43(29-27-41)48-14-4-9-22-57(48)65-58-23-10-5-16-51(58)52-17-6-11-24-59(52)65/h3-40H,1-2H3. The quantitative estimate of drug-likeness (QED) is 0.159. The molecule has 0 saturated heterocycles. The van der Waals surface area contributed by atoms with Crippen molar-refractivity contribution in [3.05, 3.63) is 242 Å². The maximum atomic E-state index is 6.28. The number of hydrogen-bond donors (Lipinski definition) is 0. The number of nitrogens with zero attached hydrogens (tertiary/aromatic N) is 2. The summed E-state index contributed by atoms with van der Waals surface area (Å²) < 4.78 is 8.69. The molecule has 2 heterocycles. The van der Waals surface area contributed by atoms with Crippen molar-refractivity contribution in [1.82, 2.24) is 4.57 Å². The van der Waals surface area contributed by atoms with Crippen LogP contribution >= 0.6 is 0 Å². The monoisotopic (exact) mass is 844 g/mol. The lowest BCUT2D eigenvalue weighted by Crippen LogP contribution is -2.16. The third-order valence-corrected chi connectivity index (χ3v) is 14.0. The van der Waals surface area contributed by atoms with Crippen LogP contribution in [0.1, 0.15) is 25.0 Å². The average Bonchev–Trinajstić information content (AvgIpc) is 4.00. The SMILES string of the molecule is CC1(C)c2ccccc2-c2cccc(-c3ccc(N(c4ccc(-c5ccc(-c6ccccc6-n6c7ccccc7c7ccccc76)cc5)cc4)c4ccc5oc6ccccc6c5c4)cc3)c21. The second-order valence-corrected chi connectivity index (χ2v) is 18.1. The van der Waals surface area contributed by atoms with E-state index in [9.17, 15) is 0 Å². The first kappa shape index (κ1) is 38.1. The van der Waals surface area contributed by atoms with E-state index in [4.69, 9.17) is 4.42 Å². The summed E-state index contributed by atoms with van der Waals surface area (Å²) in [5, 5.41) is 4.74. The van der Waals surface area contributed by atoms with Crippen molar-refractivity contribution in [2.75, 3.05) is 4.90 Å². The molecule has 0 atom stereocenters. The van der Waals surface area contributed by atoms with E-state index in [1.54, 1.807) is 0 Å². The lowest BCUT2D eigenvalue weighted by atomic mass is 9.79. The van der Waals surface area contributed by atoms with Crippen molar-refractivity contribution < 1.29 is 4.42 Å². The topological polar surface area (TPSA) is 21.3 Å². The molecule has 0 unspecified atom stereocenters. The van der Waals surface area contributed by atoms with Gasteiger partial charge in [0.1, 0.15) is 11.2 Å². The van der Waals surface area contributed by atoms with Crippen LogP contribution in [0.3, 0.4) is 0 Å². The zero-order chi connectivity index (χ0) is 43.9. The molecule has 0 saturated carbocycles. The Morgan fingerprint density at radius 1 is 0.364 bits per heavy atom. The zero-order valence-electron chi connectivity index (χ0n) is 36.7. The van der Waals surface area contributed by atoms with Crippen molar-refractivity contribution in [3.8, 4) is 50.2 Å².